The number of aryl methyl sites for hydroxylation is 1. The summed E-state index contributed by atoms with van der Waals surface area (Å²) in [5.74, 6) is 1.57. The molecule has 7 heteroatoms. The summed E-state index contributed by atoms with van der Waals surface area (Å²) in [6.45, 7) is 8.35. The van der Waals surface area contributed by atoms with Crippen LogP contribution in [0.2, 0.25) is 10.0 Å². The second-order valence-electron chi connectivity index (χ2n) is 11.7. The number of carbonyl (C=O) groups is 1. The van der Waals surface area contributed by atoms with Gasteiger partial charge in [-0.05, 0) is 66.1 Å². The van der Waals surface area contributed by atoms with Gasteiger partial charge >= 0.3 is 0 Å². The number of benzene rings is 3. The Hall–Kier alpha value is -3.17. The highest BCUT2D eigenvalue weighted by atomic mass is 35.5. The third kappa shape index (κ3) is 5.79. The molecule has 2 aliphatic rings. The third-order valence-corrected chi connectivity index (χ3v) is 9.71. The van der Waals surface area contributed by atoms with Crippen LogP contribution < -0.4 is 10.6 Å². The molecule has 1 heterocycles. The molecule has 4 nitrogen and oxygen atoms in total. The van der Waals surface area contributed by atoms with Crippen LogP contribution in [0.25, 0.3) is 0 Å². The summed E-state index contributed by atoms with van der Waals surface area (Å²) in [4.78, 5) is 15.8. The topological polar surface area (TPSA) is 70.1 Å². The summed E-state index contributed by atoms with van der Waals surface area (Å²) >= 11 is 14.5. The van der Waals surface area contributed by atoms with E-state index in [1.165, 1.54) is 11.1 Å². The molecule has 1 atom stereocenters. The Morgan fingerprint density at radius 2 is 1.76 bits per heavy atom. The molecule has 0 fully saturated rings. The van der Waals surface area contributed by atoms with E-state index in [2.05, 4.69) is 70.2 Å². The Bertz CT molecular complexity index is 1640. The first-order valence-electron chi connectivity index (χ1n) is 13.6. The molecule has 1 unspecified atom stereocenters. The molecule has 0 amide bonds. The summed E-state index contributed by atoms with van der Waals surface area (Å²) < 4.78 is 0. The number of halogens is 2. The van der Waals surface area contributed by atoms with E-state index in [9.17, 15) is 10.1 Å². The summed E-state index contributed by atoms with van der Waals surface area (Å²) in [6, 6.07) is 22.4. The minimum absolute atomic E-state index is 0.0486. The molecule has 2 N–H and O–H groups in total. The van der Waals surface area contributed by atoms with Crippen molar-refractivity contribution in [3.63, 3.8) is 0 Å². The van der Waals surface area contributed by atoms with Gasteiger partial charge in [0.2, 0.25) is 0 Å². The lowest BCUT2D eigenvalue weighted by molar-refractivity contribution is -0.118. The second-order valence-corrected chi connectivity index (χ2v) is 13.5. The van der Waals surface area contributed by atoms with Gasteiger partial charge in [0.25, 0.3) is 0 Å². The van der Waals surface area contributed by atoms with Crippen molar-refractivity contribution in [1.29, 1.82) is 5.26 Å². The van der Waals surface area contributed by atoms with E-state index in [-0.39, 0.29) is 11.2 Å². The van der Waals surface area contributed by atoms with Gasteiger partial charge in [0, 0.05) is 34.9 Å². The molecule has 0 spiro atoms. The predicted octanol–water partition coefficient (Wildman–Crippen LogP) is 8.98. The molecule has 41 heavy (non-hydrogen) atoms. The number of nitriles is 1. The van der Waals surface area contributed by atoms with E-state index in [1.807, 2.05) is 28.8 Å². The highest BCUT2D eigenvalue weighted by Crippen LogP contribution is 2.51. The van der Waals surface area contributed by atoms with Gasteiger partial charge in [0.1, 0.15) is 5.82 Å². The van der Waals surface area contributed by atoms with Crippen molar-refractivity contribution in [2.75, 3.05) is 4.90 Å². The van der Waals surface area contributed by atoms with Crippen LogP contribution in [-0.4, -0.2) is 5.78 Å². The zero-order valence-electron chi connectivity index (χ0n) is 23.7. The Morgan fingerprint density at radius 3 is 2.44 bits per heavy atom. The van der Waals surface area contributed by atoms with Gasteiger partial charge in [-0.25, -0.2) is 0 Å². The number of hydrogen-bond donors (Lipinski definition) is 1. The lowest BCUT2D eigenvalue weighted by Gasteiger charge is -2.44. The SMILES string of the molecule is Cc1cc(CSCc2ccccc2)c(C)c(C2C(C#N)=C(N)N(c3ccc(Cl)c(Cl)c3)C3=C2C(=O)CC(C)(C)C3)c1. The van der Waals surface area contributed by atoms with Gasteiger partial charge in [-0.2, -0.15) is 17.0 Å². The van der Waals surface area contributed by atoms with Crippen molar-refractivity contribution < 1.29 is 4.79 Å². The normalized spacial score (nSPS) is 18.4. The van der Waals surface area contributed by atoms with E-state index in [1.54, 1.807) is 12.1 Å². The summed E-state index contributed by atoms with van der Waals surface area (Å²) in [5.41, 5.74) is 14.8. The van der Waals surface area contributed by atoms with Crippen LogP contribution in [0, 0.1) is 30.6 Å². The van der Waals surface area contributed by atoms with Gasteiger partial charge in [-0.1, -0.05) is 85.1 Å². The van der Waals surface area contributed by atoms with Crippen molar-refractivity contribution in [3.8, 4) is 6.07 Å². The smallest absolute Gasteiger partial charge is 0.162 e. The minimum atomic E-state index is -0.532. The van der Waals surface area contributed by atoms with E-state index >= 15 is 0 Å². The fraction of sp³-hybridized carbons (Fsp3) is 0.294. The summed E-state index contributed by atoms with van der Waals surface area (Å²) in [6.07, 6.45) is 1.04. The number of anilines is 1. The fourth-order valence-electron chi connectivity index (χ4n) is 6.01. The van der Waals surface area contributed by atoms with Crippen molar-refractivity contribution in [3.05, 3.63) is 121 Å². The average molecular weight is 603 g/mol. The number of carbonyl (C=O) groups excluding carboxylic acids is 1. The molecule has 0 saturated carbocycles. The van der Waals surface area contributed by atoms with E-state index in [0.29, 0.717) is 45.5 Å². The largest absolute Gasteiger partial charge is 0.384 e. The van der Waals surface area contributed by atoms with Gasteiger partial charge < -0.3 is 5.73 Å². The Labute approximate surface area is 256 Å². The van der Waals surface area contributed by atoms with Crippen molar-refractivity contribution >= 4 is 46.4 Å². The van der Waals surface area contributed by atoms with E-state index in [0.717, 1.165) is 33.9 Å². The number of thioether (sulfide) groups is 1. The number of Topliss-reactive ketones (excluding diaryl/α,β-unsaturated/α-hetero) is 1. The number of allylic oxidation sites excluding steroid dienone is 3. The van der Waals surface area contributed by atoms with Crippen molar-refractivity contribution in [1.82, 2.24) is 0 Å². The molecule has 3 aromatic rings. The van der Waals surface area contributed by atoms with Crippen molar-refractivity contribution in [2.24, 2.45) is 11.1 Å². The number of nitrogens with zero attached hydrogens (tertiary/aromatic N) is 2. The molecule has 1 aliphatic heterocycles. The van der Waals surface area contributed by atoms with Crippen molar-refractivity contribution in [2.45, 2.75) is 58.0 Å². The summed E-state index contributed by atoms with van der Waals surface area (Å²) in [5, 5.41) is 11.3. The first kappa shape index (κ1) is 29.3. The predicted molar refractivity (Wildman–Crippen MR) is 171 cm³/mol. The lowest BCUT2D eigenvalue weighted by atomic mass is 9.68. The maximum Gasteiger partial charge on any atom is 0.162 e. The molecule has 5 rings (SSSR count). The second kappa shape index (κ2) is 11.6. The zero-order chi connectivity index (χ0) is 29.5. The van der Waals surface area contributed by atoms with Crippen LogP contribution in [0.1, 0.15) is 60.4 Å². The quantitative estimate of drug-likeness (QED) is 0.305. The average Bonchev–Trinajstić information content (AvgIpc) is 2.91. The molecule has 210 valence electrons. The van der Waals surface area contributed by atoms with Crippen LogP contribution >= 0.6 is 35.0 Å². The van der Waals surface area contributed by atoms with Crippen LogP contribution in [0.15, 0.2) is 83.3 Å². The maximum atomic E-state index is 14.0. The lowest BCUT2D eigenvalue weighted by Crippen LogP contribution is -2.42. The Morgan fingerprint density at radius 1 is 1.02 bits per heavy atom. The molecule has 0 bridgehead atoms. The molecule has 0 aromatic heterocycles. The first-order chi connectivity index (χ1) is 19.5. The zero-order valence-corrected chi connectivity index (χ0v) is 26.1. The molecule has 3 aromatic carbocycles. The van der Waals surface area contributed by atoms with Crippen LogP contribution in [0.4, 0.5) is 5.69 Å². The van der Waals surface area contributed by atoms with Gasteiger partial charge in [0.15, 0.2) is 5.78 Å². The number of nitrogens with two attached hydrogens (primary N) is 1. The van der Waals surface area contributed by atoms with E-state index in [4.69, 9.17) is 28.9 Å². The monoisotopic (exact) mass is 601 g/mol. The van der Waals surface area contributed by atoms with Crippen LogP contribution in [-0.2, 0) is 16.3 Å². The van der Waals surface area contributed by atoms with Gasteiger partial charge in [0.05, 0.1) is 27.6 Å². The fourth-order valence-corrected chi connectivity index (χ4v) is 7.35. The molecular formula is C34H33Cl2N3OS. The van der Waals surface area contributed by atoms with Crippen LogP contribution in [0.5, 0.6) is 0 Å². The Balaban J connectivity index is 1.64. The Kier molecular flexibility index (Phi) is 8.30. The minimum Gasteiger partial charge on any atom is -0.384 e. The molecule has 0 saturated heterocycles. The number of hydrogen-bond acceptors (Lipinski definition) is 5. The van der Waals surface area contributed by atoms with Gasteiger partial charge in [-0.3, -0.25) is 9.69 Å². The van der Waals surface area contributed by atoms with E-state index < -0.39 is 5.92 Å². The highest BCUT2D eigenvalue weighted by Gasteiger charge is 2.45. The third-order valence-electron chi connectivity index (χ3n) is 7.92. The van der Waals surface area contributed by atoms with Crippen LogP contribution in [0.3, 0.4) is 0 Å². The number of rotatable bonds is 6. The summed E-state index contributed by atoms with van der Waals surface area (Å²) in [7, 11) is 0. The molecular weight excluding hydrogens is 569 g/mol. The molecule has 1 aliphatic carbocycles. The standard InChI is InChI=1S/C34H33Cl2N3OS/c1-20-12-23(19-41-18-22-8-6-5-7-9-22)21(2)25(13-20)31-26(17-37)33(38)39(24-10-11-27(35)28(36)14-24)29-15-34(3,4)16-30(40)32(29)31/h5-14,31H,15-16,18-19,38H2,1-4H3. The van der Waals surface area contributed by atoms with Gasteiger partial charge in [-0.15, -0.1) is 0 Å². The molecule has 0 radical (unpaired) electrons. The first-order valence-corrected chi connectivity index (χ1v) is 15.5. The number of ketones is 1. The maximum absolute atomic E-state index is 14.0. The highest BCUT2D eigenvalue weighted by molar-refractivity contribution is 7.97.